The quantitative estimate of drug-likeness (QED) is 0.900. The lowest BCUT2D eigenvalue weighted by Crippen LogP contribution is -2.17. The molecule has 1 aromatic heterocycles. The first-order chi connectivity index (χ1) is 8.35. The average molecular weight is 258 g/mol. The first-order valence-corrected chi connectivity index (χ1v) is 4.93. The summed E-state index contributed by atoms with van der Waals surface area (Å²) in [6.07, 6.45) is -1.61. The van der Waals surface area contributed by atoms with Crippen molar-refractivity contribution in [3.05, 3.63) is 30.6 Å². The van der Waals surface area contributed by atoms with E-state index in [-0.39, 0.29) is 0 Å². The van der Waals surface area contributed by atoms with Crippen molar-refractivity contribution >= 4 is 0 Å². The number of hydrogen-bond donors (Lipinski definition) is 1. The van der Waals surface area contributed by atoms with Crippen molar-refractivity contribution in [1.29, 1.82) is 0 Å². The number of aromatic nitrogens is 2. The van der Waals surface area contributed by atoms with Crippen molar-refractivity contribution in [3.63, 3.8) is 0 Å². The smallest absolute Gasteiger partial charge is 0.504 e. The van der Waals surface area contributed by atoms with Crippen molar-refractivity contribution in [2.45, 2.75) is 6.36 Å². The molecule has 0 saturated carbocycles. The Hall–Kier alpha value is -2.18. The van der Waals surface area contributed by atoms with Crippen LogP contribution in [0, 0.1) is 0 Å². The first-order valence-electron chi connectivity index (χ1n) is 4.93. The predicted molar refractivity (Wildman–Crippen MR) is 57.0 cm³/mol. The highest BCUT2D eigenvalue weighted by Gasteiger charge is 2.32. The van der Waals surface area contributed by atoms with Crippen LogP contribution in [0.4, 0.5) is 13.2 Å². The lowest BCUT2D eigenvalue weighted by molar-refractivity contribution is -0.275. The van der Waals surface area contributed by atoms with Crippen LogP contribution in [0.25, 0.3) is 11.1 Å². The highest BCUT2D eigenvalue weighted by molar-refractivity contribution is 5.65. The lowest BCUT2D eigenvalue weighted by atomic mass is 10.1. The van der Waals surface area contributed by atoms with E-state index in [1.54, 1.807) is 24.1 Å². The summed E-state index contributed by atoms with van der Waals surface area (Å²) in [5, 5.41) is 13.4. The molecule has 0 aliphatic rings. The second-order valence-corrected chi connectivity index (χ2v) is 3.63. The van der Waals surface area contributed by atoms with E-state index in [0.29, 0.717) is 11.1 Å². The van der Waals surface area contributed by atoms with Gasteiger partial charge < -0.3 is 9.84 Å². The average Bonchev–Trinajstić information content (AvgIpc) is 2.66. The molecule has 0 unspecified atom stereocenters. The zero-order valence-electron chi connectivity index (χ0n) is 9.27. The van der Waals surface area contributed by atoms with Gasteiger partial charge >= 0.3 is 6.36 Å². The maximum Gasteiger partial charge on any atom is 0.573 e. The molecule has 1 heterocycles. The number of nitrogens with zero attached hydrogens (tertiary/aromatic N) is 2. The minimum Gasteiger partial charge on any atom is -0.504 e. The molecule has 1 N–H and O–H groups in total. The van der Waals surface area contributed by atoms with Gasteiger partial charge in [-0.2, -0.15) is 5.10 Å². The zero-order valence-corrected chi connectivity index (χ0v) is 9.27. The van der Waals surface area contributed by atoms with Crippen LogP contribution in [-0.4, -0.2) is 21.2 Å². The van der Waals surface area contributed by atoms with Crippen LogP contribution >= 0.6 is 0 Å². The molecule has 2 rings (SSSR count). The van der Waals surface area contributed by atoms with Crippen molar-refractivity contribution in [2.75, 3.05) is 0 Å². The largest absolute Gasteiger partial charge is 0.573 e. The molecule has 0 fully saturated rings. The third-order valence-electron chi connectivity index (χ3n) is 2.22. The maximum atomic E-state index is 12.0. The molecule has 7 heteroatoms. The summed E-state index contributed by atoms with van der Waals surface area (Å²) in [6, 6.07) is 3.67. The molecule has 0 atom stereocenters. The highest BCUT2D eigenvalue weighted by atomic mass is 19.4. The number of alkyl halides is 3. The molecule has 4 nitrogen and oxygen atoms in total. The summed E-state index contributed by atoms with van der Waals surface area (Å²) in [5.41, 5.74) is 1.24. The Bertz CT molecular complexity index is 564. The minimum absolute atomic E-state index is 0.551. The Morgan fingerprint density at radius 3 is 2.50 bits per heavy atom. The Balaban J connectivity index is 2.30. The second-order valence-electron chi connectivity index (χ2n) is 3.63. The summed E-state index contributed by atoms with van der Waals surface area (Å²) < 4.78 is 41.2. The van der Waals surface area contributed by atoms with Crippen molar-refractivity contribution in [1.82, 2.24) is 9.78 Å². The van der Waals surface area contributed by atoms with Gasteiger partial charge in [-0.25, -0.2) is 0 Å². The number of rotatable bonds is 2. The topological polar surface area (TPSA) is 47.3 Å². The molecular formula is C11H9F3N2O2. The van der Waals surface area contributed by atoms with Crippen LogP contribution in [0.5, 0.6) is 11.5 Å². The number of halogens is 3. The Labute approximate surface area is 100 Å². The van der Waals surface area contributed by atoms with E-state index >= 15 is 0 Å². The van der Waals surface area contributed by atoms with Crippen molar-refractivity contribution in [2.24, 2.45) is 7.05 Å². The van der Waals surface area contributed by atoms with Crippen molar-refractivity contribution in [3.8, 4) is 22.6 Å². The number of phenols is 1. The molecule has 2 aromatic rings. The molecule has 1 aromatic carbocycles. The Morgan fingerprint density at radius 2 is 2.00 bits per heavy atom. The van der Waals surface area contributed by atoms with E-state index in [1.807, 2.05) is 0 Å². The van der Waals surface area contributed by atoms with Crippen LogP contribution in [0.2, 0.25) is 0 Å². The van der Waals surface area contributed by atoms with Gasteiger partial charge in [0, 0.05) is 18.8 Å². The summed E-state index contributed by atoms with van der Waals surface area (Å²) in [6.45, 7) is 0. The summed E-state index contributed by atoms with van der Waals surface area (Å²) in [4.78, 5) is 0. The number of benzene rings is 1. The van der Waals surface area contributed by atoms with Crippen LogP contribution in [0.15, 0.2) is 30.6 Å². The Kier molecular flexibility index (Phi) is 2.90. The fourth-order valence-corrected chi connectivity index (χ4v) is 1.48. The van der Waals surface area contributed by atoms with E-state index in [4.69, 9.17) is 0 Å². The van der Waals surface area contributed by atoms with Crippen LogP contribution in [0.3, 0.4) is 0 Å². The number of phenolic OH excluding ortho intramolecular Hbond substituents is 1. The first kappa shape index (κ1) is 12.3. The maximum absolute atomic E-state index is 12.0. The summed E-state index contributed by atoms with van der Waals surface area (Å²) in [5.74, 6) is -1.20. The van der Waals surface area contributed by atoms with Gasteiger partial charge in [-0.05, 0) is 17.7 Å². The van der Waals surface area contributed by atoms with Crippen LogP contribution in [-0.2, 0) is 7.05 Å². The van der Waals surface area contributed by atoms with Gasteiger partial charge in [0.2, 0.25) is 0 Å². The second kappa shape index (κ2) is 4.25. The molecule has 0 aliphatic carbocycles. The van der Waals surface area contributed by atoms with Gasteiger partial charge in [-0.1, -0.05) is 6.07 Å². The zero-order chi connectivity index (χ0) is 13.3. The predicted octanol–water partition coefficient (Wildman–Crippen LogP) is 2.69. The van der Waals surface area contributed by atoms with E-state index < -0.39 is 17.9 Å². The molecule has 0 bridgehead atoms. The molecule has 0 amide bonds. The number of ether oxygens (including phenoxy) is 1. The van der Waals surface area contributed by atoms with Crippen LogP contribution < -0.4 is 4.74 Å². The third kappa shape index (κ3) is 2.73. The fraction of sp³-hybridized carbons (Fsp3) is 0.182. The van der Waals surface area contributed by atoms with E-state index in [0.717, 1.165) is 6.07 Å². The Morgan fingerprint density at radius 1 is 1.28 bits per heavy atom. The molecular weight excluding hydrogens is 249 g/mol. The SMILES string of the molecule is Cn1cc(-c2ccc(OC(F)(F)F)c(O)c2)cn1. The molecule has 0 radical (unpaired) electrons. The number of hydrogen-bond acceptors (Lipinski definition) is 3. The van der Waals surface area contributed by atoms with Gasteiger partial charge in [0.15, 0.2) is 11.5 Å². The van der Waals surface area contributed by atoms with E-state index in [2.05, 4.69) is 9.84 Å². The normalized spacial score (nSPS) is 11.6. The molecule has 0 saturated heterocycles. The fourth-order valence-electron chi connectivity index (χ4n) is 1.48. The molecule has 0 aliphatic heterocycles. The molecule has 96 valence electrons. The number of aromatic hydroxyl groups is 1. The van der Waals surface area contributed by atoms with Gasteiger partial charge in [0.05, 0.1) is 6.20 Å². The molecule has 18 heavy (non-hydrogen) atoms. The third-order valence-corrected chi connectivity index (χ3v) is 2.22. The minimum atomic E-state index is -4.83. The van der Waals surface area contributed by atoms with Gasteiger partial charge in [-0.3, -0.25) is 4.68 Å². The van der Waals surface area contributed by atoms with E-state index in [9.17, 15) is 18.3 Å². The summed E-state index contributed by atoms with van der Waals surface area (Å²) >= 11 is 0. The number of aryl methyl sites for hydroxylation is 1. The van der Waals surface area contributed by atoms with Gasteiger partial charge in [-0.15, -0.1) is 13.2 Å². The standard InChI is InChI=1S/C11H9F3N2O2/c1-16-6-8(5-15-16)7-2-3-10(9(17)4-7)18-11(12,13)14/h2-6,17H,1H3. The summed E-state index contributed by atoms with van der Waals surface area (Å²) in [7, 11) is 1.71. The van der Waals surface area contributed by atoms with Crippen molar-refractivity contribution < 1.29 is 23.0 Å². The molecule has 0 spiro atoms. The monoisotopic (exact) mass is 258 g/mol. The van der Waals surface area contributed by atoms with Gasteiger partial charge in [0.1, 0.15) is 0 Å². The van der Waals surface area contributed by atoms with Crippen LogP contribution in [0.1, 0.15) is 0 Å². The van der Waals surface area contributed by atoms with E-state index in [1.165, 1.54) is 12.1 Å². The highest BCUT2D eigenvalue weighted by Crippen LogP contribution is 2.34. The van der Waals surface area contributed by atoms with Gasteiger partial charge in [0.25, 0.3) is 0 Å². The lowest BCUT2D eigenvalue weighted by Gasteiger charge is -2.10.